The standard InChI is InChI=1S/C19H34O/c1-18(2)14-10-7-11-15-19(3,17(18)20)16-12-8-5-4-6-9-13-16/h16H,4-15H2,1-3H3. The van der Waals surface area contributed by atoms with E-state index in [2.05, 4.69) is 20.8 Å². The smallest absolute Gasteiger partial charge is 0.144 e. The average molecular weight is 278 g/mol. The van der Waals surface area contributed by atoms with Gasteiger partial charge < -0.3 is 0 Å². The summed E-state index contributed by atoms with van der Waals surface area (Å²) in [5.74, 6) is 1.22. The molecule has 2 saturated carbocycles. The van der Waals surface area contributed by atoms with Crippen molar-refractivity contribution in [3.8, 4) is 0 Å². The summed E-state index contributed by atoms with van der Waals surface area (Å²) in [4.78, 5) is 13.2. The molecule has 0 aromatic carbocycles. The van der Waals surface area contributed by atoms with Crippen molar-refractivity contribution < 1.29 is 4.79 Å². The molecule has 2 rings (SSSR count). The van der Waals surface area contributed by atoms with Gasteiger partial charge in [-0.1, -0.05) is 72.1 Å². The molecule has 2 aliphatic rings. The van der Waals surface area contributed by atoms with Gasteiger partial charge in [-0.25, -0.2) is 0 Å². The first-order valence-electron chi connectivity index (χ1n) is 9.02. The van der Waals surface area contributed by atoms with Crippen molar-refractivity contribution in [2.24, 2.45) is 16.7 Å². The van der Waals surface area contributed by atoms with E-state index >= 15 is 0 Å². The minimum absolute atomic E-state index is 0.0404. The van der Waals surface area contributed by atoms with Crippen molar-refractivity contribution in [1.29, 1.82) is 0 Å². The molecule has 116 valence electrons. The Labute approximate surface area is 125 Å². The maximum absolute atomic E-state index is 13.2. The number of Topliss-reactive ketones (excluding diaryl/α,β-unsaturated/α-hetero) is 1. The van der Waals surface area contributed by atoms with Gasteiger partial charge in [0.15, 0.2) is 0 Å². The SMILES string of the molecule is CC1(C)CCCCCC(C)(C2CCCCCCC2)C1=O. The molecule has 0 radical (unpaired) electrons. The van der Waals surface area contributed by atoms with Crippen LogP contribution >= 0.6 is 0 Å². The zero-order valence-electron chi connectivity index (χ0n) is 14.0. The van der Waals surface area contributed by atoms with Crippen molar-refractivity contribution in [3.63, 3.8) is 0 Å². The summed E-state index contributed by atoms with van der Waals surface area (Å²) in [6, 6.07) is 0. The van der Waals surface area contributed by atoms with Gasteiger partial charge in [0, 0.05) is 10.8 Å². The summed E-state index contributed by atoms with van der Waals surface area (Å²) in [5.41, 5.74) is -0.140. The van der Waals surface area contributed by atoms with E-state index in [1.807, 2.05) is 0 Å². The molecular weight excluding hydrogens is 244 g/mol. The normalized spacial score (nSPS) is 33.9. The minimum atomic E-state index is -0.0997. The maximum Gasteiger partial charge on any atom is 0.144 e. The van der Waals surface area contributed by atoms with Crippen LogP contribution in [-0.2, 0) is 4.79 Å². The first kappa shape index (κ1) is 16.0. The lowest BCUT2D eigenvalue weighted by Gasteiger charge is -2.44. The van der Waals surface area contributed by atoms with E-state index in [1.54, 1.807) is 0 Å². The molecule has 0 aromatic rings. The van der Waals surface area contributed by atoms with Gasteiger partial charge in [-0.05, 0) is 31.6 Å². The molecule has 1 nitrogen and oxygen atoms in total. The summed E-state index contributed by atoms with van der Waals surface area (Å²) in [6.07, 6.45) is 15.5. The Kier molecular flexibility index (Phi) is 5.31. The third-order valence-electron chi connectivity index (χ3n) is 6.14. The van der Waals surface area contributed by atoms with Crippen LogP contribution in [0.5, 0.6) is 0 Å². The van der Waals surface area contributed by atoms with Crippen molar-refractivity contribution in [2.45, 2.75) is 97.8 Å². The number of rotatable bonds is 1. The summed E-state index contributed by atoms with van der Waals surface area (Å²) >= 11 is 0. The average Bonchev–Trinajstić information content (AvgIpc) is 2.35. The van der Waals surface area contributed by atoms with Crippen LogP contribution in [0.25, 0.3) is 0 Å². The number of carbonyl (C=O) groups is 1. The quantitative estimate of drug-likeness (QED) is 0.582. The lowest BCUT2D eigenvalue weighted by atomic mass is 9.59. The van der Waals surface area contributed by atoms with E-state index in [-0.39, 0.29) is 10.8 Å². The summed E-state index contributed by atoms with van der Waals surface area (Å²) < 4.78 is 0. The molecule has 0 spiro atoms. The molecule has 2 aliphatic carbocycles. The third-order valence-corrected chi connectivity index (χ3v) is 6.14. The molecule has 0 N–H and O–H groups in total. The number of ketones is 1. The van der Waals surface area contributed by atoms with Gasteiger partial charge in [-0.15, -0.1) is 0 Å². The third kappa shape index (κ3) is 3.46. The zero-order chi connectivity index (χ0) is 14.6. The molecule has 0 bridgehead atoms. The fourth-order valence-corrected chi connectivity index (χ4v) is 4.72. The lowest BCUT2D eigenvalue weighted by Crippen LogP contribution is -2.45. The lowest BCUT2D eigenvalue weighted by molar-refractivity contribution is -0.142. The Morgan fingerprint density at radius 3 is 1.90 bits per heavy atom. The van der Waals surface area contributed by atoms with Crippen LogP contribution in [0.3, 0.4) is 0 Å². The fourth-order valence-electron chi connectivity index (χ4n) is 4.72. The molecule has 2 fully saturated rings. The van der Waals surface area contributed by atoms with E-state index < -0.39 is 0 Å². The van der Waals surface area contributed by atoms with Crippen LogP contribution in [-0.4, -0.2) is 5.78 Å². The van der Waals surface area contributed by atoms with Gasteiger partial charge in [0.2, 0.25) is 0 Å². The fraction of sp³-hybridized carbons (Fsp3) is 0.947. The molecule has 1 unspecified atom stereocenters. The predicted molar refractivity (Wildman–Crippen MR) is 85.8 cm³/mol. The van der Waals surface area contributed by atoms with E-state index in [9.17, 15) is 4.79 Å². The second-order valence-corrected chi connectivity index (χ2v) is 8.23. The first-order chi connectivity index (χ1) is 9.47. The van der Waals surface area contributed by atoms with Crippen LogP contribution in [0.1, 0.15) is 97.8 Å². The number of carbonyl (C=O) groups excluding carboxylic acids is 1. The number of hydrogen-bond acceptors (Lipinski definition) is 1. The monoisotopic (exact) mass is 278 g/mol. The molecule has 0 heterocycles. The van der Waals surface area contributed by atoms with Crippen molar-refractivity contribution in [2.75, 3.05) is 0 Å². The Morgan fingerprint density at radius 2 is 1.25 bits per heavy atom. The minimum Gasteiger partial charge on any atom is -0.298 e. The van der Waals surface area contributed by atoms with Crippen LogP contribution in [0.2, 0.25) is 0 Å². The summed E-state index contributed by atoms with van der Waals surface area (Å²) in [6.45, 7) is 6.71. The van der Waals surface area contributed by atoms with Gasteiger partial charge in [0.25, 0.3) is 0 Å². The number of hydrogen-bond donors (Lipinski definition) is 0. The summed E-state index contributed by atoms with van der Waals surface area (Å²) in [7, 11) is 0. The van der Waals surface area contributed by atoms with Crippen molar-refractivity contribution in [3.05, 3.63) is 0 Å². The van der Waals surface area contributed by atoms with E-state index in [0.717, 1.165) is 12.8 Å². The molecule has 20 heavy (non-hydrogen) atoms. The maximum atomic E-state index is 13.2. The Hall–Kier alpha value is -0.330. The highest BCUT2D eigenvalue weighted by Gasteiger charge is 2.46. The van der Waals surface area contributed by atoms with E-state index in [4.69, 9.17) is 0 Å². The molecule has 0 saturated heterocycles. The van der Waals surface area contributed by atoms with Gasteiger partial charge in [0.1, 0.15) is 5.78 Å². The van der Waals surface area contributed by atoms with Crippen LogP contribution < -0.4 is 0 Å². The van der Waals surface area contributed by atoms with E-state index in [1.165, 1.54) is 64.2 Å². The van der Waals surface area contributed by atoms with Crippen LogP contribution in [0.15, 0.2) is 0 Å². The molecular formula is C19H34O. The van der Waals surface area contributed by atoms with Crippen LogP contribution in [0, 0.1) is 16.7 Å². The van der Waals surface area contributed by atoms with Gasteiger partial charge in [-0.2, -0.15) is 0 Å². The first-order valence-corrected chi connectivity index (χ1v) is 9.02. The molecule has 1 heteroatoms. The van der Waals surface area contributed by atoms with E-state index in [0.29, 0.717) is 11.7 Å². The topological polar surface area (TPSA) is 17.1 Å². The summed E-state index contributed by atoms with van der Waals surface area (Å²) in [5, 5.41) is 0. The Bertz CT molecular complexity index is 323. The predicted octanol–water partition coefficient (Wildman–Crippen LogP) is 5.91. The second kappa shape index (κ2) is 6.62. The van der Waals surface area contributed by atoms with Gasteiger partial charge in [-0.3, -0.25) is 4.79 Å². The van der Waals surface area contributed by atoms with Gasteiger partial charge in [0.05, 0.1) is 0 Å². The second-order valence-electron chi connectivity index (χ2n) is 8.23. The largest absolute Gasteiger partial charge is 0.298 e. The molecule has 0 aliphatic heterocycles. The van der Waals surface area contributed by atoms with Crippen molar-refractivity contribution >= 4 is 5.78 Å². The highest BCUT2D eigenvalue weighted by atomic mass is 16.1. The molecule has 0 aromatic heterocycles. The van der Waals surface area contributed by atoms with Crippen LogP contribution in [0.4, 0.5) is 0 Å². The molecule has 1 atom stereocenters. The van der Waals surface area contributed by atoms with Crippen molar-refractivity contribution in [1.82, 2.24) is 0 Å². The molecule has 0 amide bonds. The Balaban J connectivity index is 2.19. The highest BCUT2D eigenvalue weighted by Crippen LogP contribution is 2.48. The zero-order valence-corrected chi connectivity index (χ0v) is 14.0. The highest BCUT2D eigenvalue weighted by molar-refractivity contribution is 5.89. The Morgan fingerprint density at radius 1 is 0.750 bits per heavy atom. The van der Waals surface area contributed by atoms with Gasteiger partial charge >= 0.3 is 0 Å².